The van der Waals surface area contributed by atoms with Crippen LogP contribution >= 0.6 is 34.9 Å². The Bertz CT molecular complexity index is 465. The van der Waals surface area contributed by atoms with E-state index in [4.69, 9.17) is 12.2 Å². The number of hydrogen-bond acceptors (Lipinski definition) is 3. The van der Waals surface area contributed by atoms with Gasteiger partial charge in [0.05, 0.1) is 0 Å². The van der Waals surface area contributed by atoms with Gasteiger partial charge in [-0.15, -0.1) is 22.7 Å². The standard InChI is InChI=1S/C10H7NS3/c12-9(8-4-2-1-3-5-8)11-10-13-6-7-14-10/h1-7H. The highest BCUT2D eigenvalue weighted by Crippen LogP contribution is 2.03. The zero-order valence-electron chi connectivity index (χ0n) is 7.21. The Kier molecular flexibility index (Phi) is 3.18. The molecule has 0 radical (unpaired) electrons. The van der Waals surface area contributed by atoms with E-state index in [1.165, 1.54) is 0 Å². The van der Waals surface area contributed by atoms with Gasteiger partial charge >= 0.3 is 0 Å². The van der Waals surface area contributed by atoms with Crippen LogP contribution in [0.2, 0.25) is 0 Å². The summed E-state index contributed by atoms with van der Waals surface area (Å²) in [6, 6.07) is 9.86. The van der Waals surface area contributed by atoms with Crippen LogP contribution in [0.5, 0.6) is 0 Å². The van der Waals surface area contributed by atoms with E-state index >= 15 is 0 Å². The number of nitrogens with zero attached hydrogens (tertiary/aromatic N) is 1. The summed E-state index contributed by atoms with van der Waals surface area (Å²) in [6.07, 6.45) is 0. The molecule has 14 heavy (non-hydrogen) atoms. The molecule has 0 saturated carbocycles. The Morgan fingerprint density at radius 2 is 1.71 bits per heavy atom. The van der Waals surface area contributed by atoms with Gasteiger partial charge in [0, 0.05) is 16.3 Å². The largest absolute Gasteiger partial charge is 0.215 e. The topological polar surface area (TPSA) is 12.4 Å². The zero-order chi connectivity index (χ0) is 9.80. The summed E-state index contributed by atoms with van der Waals surface area (Å²) in [6.45, 7) is 0. The zero-order valence-corrected chi connectivity index (χ0v) is 9.66. The average Bonchev–Trinajstić information content (AvgIpc) is 2.72. The molecular formula is C10H7NS3. The Morgan fingerprint density at radius 1 is 1.07 bits per heavy atom. The third-order valence-electron chi connectivity index (χ3n) is 1.61. The third-order valence-corrected chi connectivity index (χ3v) is 3.81. The number of benzene rings is 1. The molecule has 0 unspecified atom stereocenters. The maximum atomic E-state index is 5.22. The average molecular weight is 237 g/mol. The van der Waals surface area contributed by atoms with E-state index in [2.05, 4.69) is 4.99 Å². The van der Waals surface area contributed by atoms with Gasteiger partial charge in [-0.25, -0.2) is 4.99 Å². The quantitative estimate of drug-likeness (QED) is 0.694. The Labute approximate surface area is 95.4 Å². The third kappa shape index (κ3) is 2.35. The van der Waals surface area contributed by atoms with Gasteiger partial charge in [0.25, 0.3) is 0 Å². The predicted octanol–water partition coefficient (Wildman–Crippen LogP) is 3.09. The van der Waals surface area contributed by atoms with Crippen LogP contribution in [0.4, 0.5) is 0 Å². The van der Waals surface area contributed by atoms with Crippen LogP contribution in [-0.4, -0.2) is 4.99 Å². The molecule has 1 nitrogen and oxygen atoms in total. The van der Waals surface area contributed by atoms with Gasteiger partial charge in [-0.2, -0.15) is 0 Å². The fourth-order valence-electron chi connectivity index (χ4n) is 0.981. The van der Waals surface area contributed by atoms with Gasteiger partial charge in [0.15, 0.2) is 3.98 Å². The van der Waals surface area contributed by atoms with E-state index in [1.807, 2.05) is 41.1 Å². The van der Waals surface area contributed by atoms with Crippen molar-refractivity contribution in [3.8, 4) is 0 Å². The molecule has 0 N–H and O–H groups in total. The van der Waals surface area contributed by atoms with Gasteiger partial charge in [-0.1, -0.05) is 42.5 Å². The molecule has 4 heteroatoms. The normalized spacial score (nSPS) is 9.71. The maximum absolute atomic E-state index is 5.22. The molecule has 0 aliphatic heterocycles. The van der Waals surface area contributed by atoms with E-state index in [0.717, 1.165) is 9.55 Å². The summed E-state index contributed by atoms with van der Waals surface area (Å²) in [4.78, 5) is 5.01. The molecule has 2 aromatic rings. The predicted molar refractivity (Wildman–Crippen MR) is 65.9 cm³/mol. The van der Waals surface area contributed by atoms with Gasteiger partial charge in [-0.05, 0) is 0 Å². The summed E-state index contributed by atoms with van der Waals surface area (Å²) in [5.74, 6) is 0. The van der Waals surface area contributed by atoms with Crippen LogP contribution < -0.4 is 3.98 Å². The summed E-state index contributed by atoms with van der Waals surface area (Å²) in [5.41, 5.74) is 1.00. The first-order chi connectivity index (χ1) is 6.86. The molecular weight excluding hydrogens is 230 g/mol. The summed E-state index contributed by atoms with van der Waals surface area (Å²) >= 11 is 8.44. The molecule has 1 aromatic carbocycles. The monoisotopic (exact) mass is 237 g/mol. The smallest absolute Gasteiger partial charge is 0.171 e. The minimum absolute atomic E-state index is 0.657. The van der Waals surface area contributed by atoms with Gasteiger partial charge in [0.2, 0.25) is 0 Å². The second kappa shape index (κ2) is 4.59. The van der Waals surface area contributed by atoms with Crippen LogP contribution in [0.15, 0.2) is 46.1 Å². The van der Waals surface area contributed by atoms with Crippen molar-refractivity contribution in [3.05, 3.63) is 50.6 Å². The lowest BCUT2D eigenvalue weighted by Crippen LogP contribution is -1.98. The van der Waals surface area contributed by atoms with Gasteiger partial charge in [-0.3, -0.25) is 0 Å². The fraction of sp³-hybridized carbons (Fsp3) is 0. The van der Waals surface area contributed by atoms with Crippen LogP contribution in [-0.2, 0) is 0 Å². The van der Waals surface area contributed by atoms with Crippen molar-refractivity contribution < 1.29 is 0 Å². The Hall–Kier alpha value is -0.840. The first-order valence-corrected chi connectivity index (χ1v) is 6.19. The van der Waals surface area contributed by atoms with Gasteiger partial charge < -0.3 is 0 Å². The van der Waals surface area contributed by atoms with Crippen molar-refractivity contribution >= 4 is 39.9 Å². The van der Waals surface area contributed by atoms with Crippen molar-refractivity contribution in [1.29, 1.82) is 0 Å². The van der Waals surface area contributed by atoms with Crippen LogP contribution in [0, 0.1) is 0 Å². The molecule has 0 fully saturated rings. The molecule has 0 saturated heterocycles. The highest BCUT2D eigenvalue weighted by Gasteiger charge is 1.96. The van der Waals surface area contributed by atoms with E-state index in [0.29, 0.717) is 4.99 Å². The summed E-state index contributed by atoms with van der Waals surface area (Å²) in [7, 11) is 0. The molecule has 0 aliphatic rings. The number of rotatable bonds is 1. The second-order valence-electron chi connectivity index (χ2n) is 2.56. The Balaban J connectivity index is 2.32. The molecule has 0 bridgehead atoms. The first kappa shape index (κ1) is 9.71. The van der Waals surface area contributed by atoms with Crippen LogP contribution in [0.25, 0.3) is 0 Å². The molecule has 0 spiro atoms. The second-order valence-corrected chi connectivity index (χ2v) is 4.99. The molecule has 2 rings (SSSR count). The molecule has 0 atom stereocenters. The lowest BCUT2D eigenvalue weighted by Gasteiger charge is -1.94. The minimum Gasteiger partial charge on any atom is -0.215 e. The van der Waals surface area contributed by atoms with Crippen molar-refractivity contribution in [2.45, 2.75) is 0 Å². The van der Waals surface area contributed by atoms with Crippen LogP contribution in [0.1, 0.15) is 5.56 Å². The number of thiocarbonyl (C=S) groups is 1. The lowest BCUT2D eigenvalue weighted by molar-refractivity contribution is 1.56. The molecule has 1 aromatic heterocycles. The summed E-state index contributed by atoms with van der Waals surface area (Å²) in [5, 5.41) is 4.02. The van der Waals surface area contributed by atoms with Crippen molar-refractivity contribution in [3.63, 3.8) is 0 Å². The SMILES string of the molecule is S=C(N=c1sccs1)c1ccccc1. The van der Waals surface area contributed by atoms with E-state index in [9.17, 15) is 0 Å². The van der Waals surface area contributed by atoms with Gasteiger partial charge in [0.1, 0.15) is 4.99 Å². The van der Waals surface area contributed by atoms with Crippen molar-refractivity contribution in [1.82, 2.24) is 0 Å². The molecule has 70 valence electrons. The van der Waals surface area contributed by atoms with Crippen molar-refractivity contribution in [2.75, 3.05) is 0 Å². The van der Waals surface area contributed by atoms with E-state index in [-0.39, 0.29) is 0 Å². The molecule has 0 amide bonds. The number of hydrogen-bond donors (Lipinski definition) is 0. The first-order valence-electron chi connectivity index (χ1n) is 4.03. The lowest BCUT2D eigenvalue weighted by atomic mass is 10.2. The van der Waals surface area contributed by atoms with Crippen molar-refractivity contribution in [2.24, 2.45) is 4.99 Å². The van der Waals surface area contributed by atoms with E-state index < -0.39 is 0 Å². The van der Waals surface area contributed by atoms with E-state index in [1.54, 1.807) is 22.7 Å². The molecule has 1 heterocycles. The highest BCUT2D eigenvalue weighted by molar-refractivity contribution is 7.80. The minimum atomic E-state index is 0.657. The fourth-order valence-corrected chi connectivity index (χ4v) is 2.84. The maximum Gasteiger partial charge on any atom is 0.171 e. The highest BCUT2D eigenvalue weighted by atomic mass is 32.2. The summed E-state index contributed by atoms with van der Waals surface area (Å²) < 4.78 is 0.999. The Morgan fingerprint density at radius 3 is 2.36 bits per heavy atom. The van der Waals surface area contributed by atoms with Crippen LogP contribution in [0.3, 0.4) is 0 Å². The molecule has 0 aliphatic carbocycles.